The Morgan fingerprint density at radius 1 is 1.32 bits per heavy atom. The van der Waals surface area contributed by atoms with Crippen LogP contribution in [0.1, 0.15) is 43.0 Å². The SMILES string of the molecule is CC(COC(=O)c1ccccc1)[NH2+]C1CCCC1.[Cl-]. The molecule has 106 valence electrons. The van der Waals surface area contributed by atoms with Crippen LogP contribution in [0.25, 0.3) is 0 Å². The molecule has 4 heteroatoms. The van der Waals surface area contributed by atoms with Gasteiger partial charge in [-0.2, -0.15) is 0 Å². The highest BCUT2D eigenvalue weighted by molar-refractivity contribution is 5.89. The van der Waals surface area contributed by atoms with Gasteiger partial charge in [0.1, 0.15) is 12.6 Å². The van der Waals surface area contributed by atoms with Crippen molar-refractivity contribution in [1.82, 2.24) is 0 Å². The van der Waals surface area contributed by atoms with Crippen molar-refractivity contribution in [3.8, 4) is 0 Å². The monoisotopic (exact) mass is 283 g/mol. The average molecular weight is 284 g/mol. The third kappa shape index (κ3) is 5.21. The van der Waals surface area contributed by atoms with E-state index in [9.17, 15) is 4.79 Å². The van der Waals surface area contributed by atoms with Crippen LogP contribution in [-0.2, 0) is 4.74 Å². The maximum Gasteiger partial charge on any atom is 0.338 e. The van der Waals surface area contributed by atoms with Crippen molar-refractivity contribution in [2.24, 2.45) is 0 Å². The van der Waals surface area contributed by atoms with E-state index in [2.05, 4.69) is 12.2 Å². The van der Waals surface area contributed by atoms with Crippen molar-refractivity contribution in [1.29, 1.82) is 0 Å². The Hall–Kier alpha value is -1.06. The molecule has 1 aromatic rings. The molecule has 19 heavy (non-hydrogen) atoms. The number of hydrogen-bond acceptors (Lipinski definition) is 2. The lowest BCUT2D eigenvalue weighted by atomic mass is 10.2. The lowest BCUT2D eigenvalue weighted by molar-refractivity contribution is -0.718. The summed E-state index contributed by atoms with van der Waals surface area (Å²) in [6.45, 7) is 2.61. The lowest BCUT2D eigenvalue weighted by Gasteiger charge is -2.15. The summed E-state index contributed by atoms with van der Waals surface area (Å²) in [5, 5.41) is 2.35. The van der Waals surface area contributed by atoms with Crippen molar-refractivity contribution in [2.45, 2.75) is 44.7 Å². The van der Waals surface area contributed by atoms with Crippen molar-refractivity contribution >= 4 is 5.97 Å². The largest absolute Gasteiger partial charge is 1.00 e. The Bertz CT molecular complexity index is 377. The van der Waals surface area contributed by atoms with Gasteiger partial charge in [-0.15, -0.1) is 0 Å². The van der Waals surface area contributed by atoms with Gasteiger partial charge in [-0.05, 0) is 44.7 Å². The number of rotatable bonds is 5. The molecule has 0 spiro atoms. The fourth-order valence-corrected chi connectivity index (χ4v) is 2.53. The summed E-state index contributed by atoms with van der Waals surface area (Å²) >= 11 is 0. The average Bonchev–Trinajstić information content (AvgIpc) is 2.90. The van der Waals surface area contributed by atoms with Gasteiger partial charge in [0.15, 0.2) is 0 Å². The predicted octanol–water partition coefficient (Wildman–Crippen LogP) is -1.26. The number of carbonyl (C=O) groups is 1. The molecule has 2 N–H and O–H groups in total. The van der Waals surface area contributed by atoms with Crippen molar-refractivity contribution < 1.29 is 27.3 Å². The van der Waals surface area contributed by atoms with Gasteiger partial charge >= 0.3 is 5.97 Å². The van der Waals surface area contributed by atoms with E-state index in [-0.39, 0.29) is 18.4 Å². The van der Waals surface area contributed by atoms with Crippen molar-refractivity contribution in [2.75, 3.05) is 6.61 Å². The van der Waals surface area contributed by atoms with Crippen LogP contribution in [0, 0.1) is 0 Å². The summed E-state index contributed by atoms with van der Waals surface area (Å²) in [7, 11) is 0. The Kier molecular flexibility index (Phi) is 6.89. The topological polar surface area (TPSA) is 42.9 Å². The second-order valence-electron chi connectivity index (χ2n) is 5.18. The number of halogens is 1. The second-order valence-corrected chi connectivity index (χ2v) is 5.18. The fraction of sp³-hybridized carbons (Fsp3) is 0.533. The zero-order valence-electron chi connectivity index (χ0n) is 11.3. The zero-order valence-corrected chi connectivity index (χ0v) is 12.1. The van der Waals surface area contributed by atoms with Gasteiger partial charge < -0.3 is 22.5 Å². The van der Waals surface area contributed by atoms with E-state index in [1.165, 1.54) is 25.7 Å². The normalized spacial score (nSPS) is 16.7. The molecule has 0 aliphatic heterocycles. The van der Waals surface area contributed by atoms with Gasteiger partial charge in [0, 0.05) is 0 Å². The molecule has 0 saturated heterocycles. The van der Waals surface area contributed by atoms with E-state index in [0.717, 1.165) is 6.04 Å². The van der Waals surface area contributed by atoms with Crippen LogP contribution in [-0.4, -0.2) is 24.7 Å². The smallest absolute Gasteiger partial charge is 0.338 e. The molecule has 3 nitrogen and oxygen atoms in total. The van der Waals surface area contributed by atoms with Crippen molar-refractivity contribution in [3.63, 3.8) is 0 Å². The number of benzene rings is 1. The van der Waals surface area contributed by atoms with E-state index >= 15 is 0 Å². The number of nitrogens with two attached hydrogens (primary N) is 1. The van der Waals surface area contributed by atoms with Crippen LogP contribution in [0.3, 0.4) is 0 Å². The molecular formula is C15H22ClNO2. The Balaban J connectivity index is 0.00000180. The van der Waals surface area contributed by atoms with Crippen molar-refractivity contribution in [3.05, 3.63) is 35.9 Å². The van der Waals surface area contributed by atoms with E-state index in [0.29, 0.717) is 18.2 Å². The number of esters is 1. The summed E-state index contributed by atoms with van der Waals surface area (Å²) in [4.78, 5) is 11.8. The fourth-order valence-electron chi connectivity index (χ4n) is 2.53. The van der Waals surface area contributed by atoms with Gasteiger partial charge in [0.05, 0.1) is 11.6 Å². The predicted molar refractivity (Wildman–Crippen MR) is 70.4 cm³/mol. The van der Waals surface area contributed by atoms with Crippen LogP contribution in [0.4, 0.5) is 0 Å². The van der Waals surface area contributed by atoms with E-state index in [4.69, 9.17) is 4.74 Å². The highest BCUT2D eigenvalue weighted by atomic mass is 35.5. The van der Waals surface area contributed by atoms with Gasteiger partial charge in [-0.3, -0.25) is 0 Å². The zero-order chi connectivity index (χ0) is 12.8. The minimum absolute atomic E-state index is 0. The Morgan fingerprint density at radius 2 is 1.95 bits per heavy atom. The van der Waals surface area contributed by atoms with Crippen LogP contribution in [0.5, 0.6) is 0 Å². The summed E-state index contributed by atoms with van der Waals surface area (Å²) < 4.78 is 5.33. The van der Waals surface area contributed by atoms with Gasteiger partial charge in [-0.1, -0.05) is 18.2 Å². The van der Waals surface area contributed by atoms with Gasteiger partial charge in [0.25, 0.3) is 0 Å². The van der Waals surface area contributed by atoms with Crippen LogP contribution in [0.2, 0.25) is 0 Å². The first-order valence-corrected chi connectivity index (χ1v) is 6.83. The molecule has 1 saturated carbocycles. The molecule has 1 aliphatic carbocycles. The van der Waals surface area contributed by atoms with E-state index in [1.807, 2.05) is 18.2 Å². The molecule has 1 aromatic carbocycles. The summed E-state index contributed by atoms with van der Waals surface area (Å²) in [5.74, 6) is -0.220. The Morgan fingerprint density at radius 3 is 2.58 bits per heavy atom. The molecule has 1 atom stereocenters. The van der Waals surface area contributed by atoms with Gasteiger partial charge in [-0.25, -0.2) is 4.79 Å². The first kappa shape index (κ1) is 16.0. The standard InChI is InChI=1S/C15H21NO2.ClH/c1-12(16-14-9-5-6-10-14)11-18-15(17)13-7-3-2-4-8-13;/h2-4,7-8,12,14,16H,5-6,9-11H2,1H3;1H. The number of hydrogen-bond donors (Lipinski definition) is 1. The minimum atomic E-state index is -0.220. The molecule has 0 bridgehead atoms. The summed E-state index contributed by atoms with van der Waals surface area (Å²) in [5.41, 5.74) is 0.630. The quantitative estimate of drug-likeness (QED) is 0.686. The molecule has 1 fully saturated rings. The molecule has 1 unspecified atom stereocenters. The molecular weight excluding hydrogens is 262 g/mol. The summed E-state index contributed by atoms with van der Waals surface area (Å²) in [6, 6.07) is 10.3. The Labute approximate surface area is 121 Å². The molecule has 2 rings (SSSR count). The summed E-state index contributed by atoms with van der Waals surface area (Å²) in [6.07, 6.45) is 5.29. The second kappa shape index (κ2) is 8.18. The maximum atomic E-state index is 11.8. The molecule has 0 radical (unpaired) electrons. The van der Waals surface area contributed by atoms with Crippen LogP contribution >= 0.6 is 0 Å². The number of ether oxygens (including phenoxy) is 1. The molecule has 0 heterocycles. The third-order valence-corrected chi connectivity index (χ3v) is 3.49. The first-order chi connectivity index (χ1) is 8.75. The van der Waals surface area contributed by atoms with E-state index in [1.54, 1.807) is 12.1 Å². The number of quaternary nitrogens is 1. The van der Waals surface area contributed by atoms with Crippen LogP contribution < -0.4 is 17.7 Å². The first-order valence-electron chi connectivity index (χ1n) is 6.83. The highest BCUT2D eigenvalue weighted by Gasteiger charge is 2.21. The third-order valence-electron chi connectivity index (χ3n) is 3.49. The lowest BCUT2D eigenvalue weighted by Crippen LogP contribution is -3.00. The van der Waals surface area contributed by atoms with Gasteiger partial charge in [0.2, 0.25) is 0 Å². The minimum Gasteiger partial charge on any atom is -1.00 e. The maximum absolute atomic E-state index is 11.8. The van der Waals surface area contributed by atoms with E-state index < -0.39 is 0 Å². The van der Waals surface area contributed by atoms with Crippen LogP contribution in [0.15, 0.2) is 30.3 Å². The molecule has 0 aromatic heterocycles. The molecule has 1 aliphatic rings. The highest BCUT2D eigenvalue weighted by Crippen LogP contribution is 2.14. The number of carbonyl (C=O) groups excluding carboxylic acids is 1. The molecule has 0 amide bonds.